The van der Waals surface area contributed by atoms with E-state index in [0.717, 1.165) is 0 Å². The van der Waals surface area contributed by atoms with Gasteiger partial charge in [0, 0.05) is 6.54 Å². The molecule has 0 radical (unpaired) electrons. The van der Waals surface area contributed by atoms with Crippen molar-refractivity contribution in [2.75, 3.05) is 11.9 Å². The molecule has 0 unspecified atom stereocenters. The third-order valence-corrected chi connectivity index (χ3v) is 1.98. The van der Waals surface area contributed by atoms with Gasteiger partial charge in [0.2, 0.25) is 0 Å². The fourth-order valence-corrected chi connectivity index (χ4v) is 1.12. The summed E-state index contributed by atoms with van der Waals surface area (Å²) in [6.45, 7) is 8.81. The van der Waals surface area contributed by atoms with Gasteiger partial charge in [-0.3, -0.25) is 0 Å². The van der Waals surface area contributed by atoms with E-state index in [2.05, 4.69) is 36.1 Å². The molecule has 0 fully saturated rings. The van der Waals surface area contributed by atoms with E-state index < -0.39 is 0 Å². The maximum Gasteiger partial charge on any atom is 0.186 e. The minimum absolute atomic E-state index is 0.101. The van der Waals surface area contributed by atoms with Crippen molar-refractivity contribution in [1.29, 1.82) is 0 Å². The Bertz CT molecular complexity index is 331. The van der Waals surface area contributed by atoms with Crippen LogP contribution in [0.5, 0.6) is 0 Å². The second kappa shape index (κ2) is 4.55. The molecular weight excluding hydrogens is 193 g/mol. The summed E-state index contributed by atoms with van der Waals surface area (Å²) >= 11 is 0. The Hall–Kier alpha value is -1.19. The van der Waals surface area contributed by atoms with Gasteiger partial charge in [0.1, 0.15) is 6.33 Å². The standard InChI is InChI=1S/C11H18FN3/c1-5-8-9(12)10(15-7-14-8)13-6-11(2,3)4/h7H,5-6H2,1-4H3,(H,13,14,15). The molecule has 3 nitrogen and oxygen atoms in total. The van der Waals surface area contributed by atoms with Crippen LogP contribution in [0.25, 0.3) is 0 Å². The molecule has 0 atom stereocenters. The predicted molar refractivity (Wildman–Crippen MR) is 59.3 cm³/mol. The van der Waals surface area contributed by atoms with Crippen molar-refractivity contribution in [1.82, 2.24) is 9.97 Å². The van der Waals surface area contributed by atoms with Crippen LogP contribution in [0.1, 0.15) is 33.4 Å². The first-order valence-corrected chi connectivity index (χ1v) is 5.17. The first-order chi connectivity index (χ1) is 6.94. The smallest absolute Gasteiger partial charge is 0.186 e. The van der Waals surface area contributed by atoms with Crippen molar-refractivity contribution < 1.29 is 4.39 Å². The fraction of sp³-hybridized carbons (Fsp3) is 0.636. The first kappa shape index (κ1) is 11.9. The molecule has 0 spiro atoms. The lowest BCUT2D eigenvalue weighted by Gasteiger charge is -2.19. The van der Waals surface area contributed by atoms with Crippen LogP contribution in [-0.2, 0) is 6.42 Å². The zero-order valence-electron chi connectivity index (χ0n) is 9.76. The normalized spacial score (nSPS) is 11.5. The summed E-state index contributed by atoms with van der Waals surface area (Å²) in [7, 11) is 0. The van der Waals surface area contributed by atoms with Crippen molar-refractivity contribution in [2.24, 2.45) is 5.41 Å². The molecule has 0 aliphatic heterocycles. The summed E-state index contributed by atoms with van der Waals surface area (Å²) in [6, 6.07) is 0. The topological polar surface area (TPSA) is 37.8 Å². The van der Waals surface area contributed by atoms with Gasteiger partial charge in [-0.05, 0) is 11.8 Å². The molecule has 15 heavy (non-hydrogen) atoms. The van der Waals surface area contributed by atoms with E-state index in [1.807, 2.05) is 6.92 Å². The number of rotatable bonds is 3. The molecule has 1 N–H and O–H groups in total. The first-order valence-electron chi connectivity index (χ1n) is 5.17. The van der Waals surface area contributed by atoms with Crippen molar-refractivity contribution in [2.45, 2.75) is 34.1 Å². The SMILES string of the molecule is CCc1ncnc(NCC(C)(C)C)c1F. The second-order valence-corrected chi connectivity index (χ2v) is 4.75. The molecule has 1 heterocycles. The number of nitrogens with zero attached hydrogens (tertiary/aromatic N) is 2. The summed E-state index contributed by atoms with van der Waals surface area (Å²) in [4.78, 5) is 7.77. The van der Waals surface area contributed by atoms with Crippen LogP contribution in [0.4, 0.5) is 10.2 Å². The number of hydrogen-bond acceptors (Lipinski definition) is 3. The van der Waals surface area contributed by atoms with E-state index in [1.165, 1.54) is 6.33 Å². The lowest BCUT2D eigenvalue weighted by molar-refractivity contribution is 0.440. The van der Waals surface area contributed by atoms with Crippen molar-refractivity contribution in [3.8, 4) is 0 Å². The Kier molecular flexibility index (Phi) is 3.61. The monoisotopic (exact) mass is 211 g/mol. The summed E-state index contributed by atoms with van der Waals surface area (Å²) in [5, 5.41) is 3.00. The van der Waals surface area contributed by atoms with E-state index in [-0.39, 0.29) is 11.2 Å². The maximum absolute atomic E-state index is 13.7. The van der Waals surface area contributed by atoms with Gasteiger partial charge in [-0.25, -0.2) is 14.4 Å². The van der Waals surface area contributed by atoms with Crippen LogP contribution < -0.4 is 5.32 Å². The molecule has 0 aliphatic carbocycles. The molecular formula is C11H18FN3. The van der Waals surface area contributed by atoms with Gasteiger partial charge >= 0.3 is 0 Å². The van der Waals surface area contributed by atoms with Gasteiger partial charge in [-0.15, -0.1) is 0 Å². The van der Waals surface area contributed by atoms with Crippen molar-refractivity contribution in [3.63, 3.8) is 0 Å². The minimum Gasteiger partial charge on any atom is -0.367 e. The van der Waals surface area contributed by atoms with E-state index in [4.69, 9.17) is 0 Å². The molecule has 1 aromatic heterocycles. The third-order valence-electron chi connectivity index (χ3n) is 1.98. The highest BCUT2D eigenvalue weighted by atomic mass is 19.1. The summed E-state index contributed by atoms with van der Waals surface area (Å²) < 4.78 is 13.7. The predicted octanol–water partition coefficient (Wildman–Crippen LogP) is 2.64. The molecule has 0 saturated heterocycles. The Morgan fingerprint density at radius 1 is 1.33 bits per heavy atom. The van der Waals surface area contributed by atoms with Crippen molar-refractivity contribution >= 4 is 5.82 Å². The highest BCUT2D eigenvalue weighted by Gasteiger charge is 2.13. The number of nitrogens with one attached hydrogen (secondary N) is 1. The van der Waals surface area contributed by atoms with Crippen LogP contribution in [-0.4, -0.2) is 16.5 Å². The molecule has 0 aromatic carbocycles. The van der Waals surface area contributed by atoms with E-state index in [0.29, 0.717) is 24.5 Å². The lowest BCUT2D eigenvalue weighted by atomic mass is 9.97. The van der Waals surface area contributed by atoms with Crippen LogP contribution in [0.2, 0.25) is 0 Å². The van der Waals surface area contributed by atoms with Gasteiger partial charge in [-0.1, -0.05) is 27.7 Å². The fourth-order valence-electron chi connectivity index (χ4n) is 1.12. The number of halogens is 1. The van der Waals surface area contributed by atoms with E-state index in [1.54, 1.807) is 0 Å². The summed E-state index contributed by atoms with van der Waals surface area (Å²) in [5.41, 5.74) is 0.561. The van der Waals surface area contributed by atoms with Crippen LogP contribution in [0.15, 0.2) is 6.33 Å². The van der Waals surface area contributed by atoms with Crippen LogP contribution in [0.3, 0.4) is 0 Å². The molecule has 0 saturated carbocycles. The number of aryl methyl sites for hydroxylation is 1. The average molecular weight is 211 g/mol. The van der Waals surface area contributed by atoms with Crippen LogP contribution >= 0.6 is 0 Å². The Morgan fingerprint density at radius 2 is 2.00 bits per heavy atom. The Labute approximate surface area is 90.1 Å². The molecule has 1 rings (SSSR count). The molecule has 1 aromatic rings. The Balaban J connectivity index is 2.78. The Morgan fingerprint density at radius 3 is 2.53 bits per heavy atom. The van der Waals surface area contributed by atoms with Gasteiger partial charge in [0.25, 0.3) is 0 Å². The zero-order chi connectivity index (χ0) is 11.5. The second-order valence-electron chi connectivity index (χ2n) is 4.75. The number of aromatic nitrogens is 2. The zero-order valence-corrected chi connectivity index (χ0v) is 9.76. The number of anilines is 1. The molecule has 0 amide bonds. The molecule has 4 heteroatoms. The molecule has 0 aliphatic rings. The molecule has 84 valence electrons. The average Bonchev–Trinajstić information content (AvgIpc) is 2.15. The van der Waals surface area contributed by atoms with Crippen LogP contribution in [0, 0.1) is 11.2 Å². The van der Waals surface area contributed by atoms with E-state index in [9.17, 15) is 4.39 Å². The third kappa shape index (κ3) is 3.46. The van der Waals surface area contributed by atoms with E-state index >= 15 is 0 Å². The van der Waals surface area contributed by atoms with Gasteiger partial charge in [-0.2, -0.15) is 0 Å². The highest BCUT2D eigenvalue weighted by Crippen LogP contribution is 2.17. The van der Waals surface area contributed by atoms with Gasteiger partial charge < -0.3 is 5.32 Å². The molecule has 0 bridgehead atoms. The van der Waals surface area contributed by atoms with Gasteiger partial charge in [0.05, 0.1) is 5.69 Å². The maximum atomic E-state index is 13.7. The summed E-state index contributed by atoms with van der Waals surface area (Å²) in [6.07, 6.45) is 1.98. The largest absolute Gasteiger partial charge is 0.367 e. The number of hydrogen-bond donors (Lipinski definition) is 1. The van der Waals surface area contributed by atoms with Crippen molar-refractivity contribution in [3.05, 3.63) is 17.8 Å². The lowest BCUT2D eigenvalue weighted by Crippen LogP contribution is -2.20. The summed E-state index contributed by atoms with van der Waals surface area (Å²) in [5.74, 6) is -0.0268. The minimum atomic E-state index is -0.329. The van der Waals surface area contributed by atoms with Gasteiger partial charge in [0.15, 0.2) is 11.6 Å². The quantitative estimate of drug-likeness (QED) is 0.835. The highest BCUT2D eigenvalue weighted by molar-refractivity contribution is 5.37.